The lowest BCUT2D eigenvalue weighted by atomic mass is 10.1. The summed E-state index contributed by atoms with van der Waals surface area (Å²) in [5, 5.41) is 0. The standard InChI is InChI=1S/C13H28O4Si/c1-4-7-15-18(16-8-5-2,17-9-6-3)12-13-10-14-11-13/h13H,4-12H2,1-3H3. The van der Waals surface area contributed by atoms with Gasteiger partial charge in [-0.15, -0.1) is 0 Å². The zero-order chi connectivity index (χ0) is 13.3. The molecule has 4 nitrogen and oxygen atoms in total. The Morgan fingerprint density at radius 2 is 1.33 bits per heavy atom. The van der Waals surface area contributed by atoms with Crippen LogP contribution in [0.15, 0.2) is 0 Å². The molecule has 0 bridgehead atoms. The van der Waals surface area contributed by atoms with Crippen LogP contribution in [0.3, 0.4) is 0 Å². The Labute approximate surface area is 112 Å². The van der Waals surface area contributed by atoms with Crippen molar-refractivity contribution in [1.29, 1.82) is 0 Å². The third-order valence-electron chi connectivity index (χ3n) is 2.82. The summed E-state index contributed by atoms with van der Waals surface area (Å²) in [7, 11) is -2.47. The molecule has 0 atom stereocenters. The molecular weight excluding hydrogens is 248 g/mol. The molecule has 0 saturated carbocycles. The van der Waals surface area contributed by atoms with E-state index in [1.807, 2.05) is 0 Å². The smallest absolute Gasteiger partial charge is 0.381 e. The van der Waals surface area contributed by atoms with Gasteiger partial charge < -0.3 is 18.0 Å². The normalized spacial score (nSPS) is 16.8. The third kappa shape index (κ3) is 5.36. The van der Waals surface area contributed by atoms with Crippen molar-refractivity contribution in [2.45, 2.75) is 46.1 Å². The van der Waals surface area contributed by atoms with Crippen molar-refractivity contribution in [3.8, 4) is 0 Å². The molecule has 1 rings (SSSR count). The van der Waals surface area contributed by atoms with Crippen molar-refractivity contribution in [3.63, 3.8) is 0 Å². The van der Waals surface area contributed by atoms with Crippen LogP contribution >= 0.6 is 0 Å². The molecule has 1 fully saturated rings. The summed E-state index contributed by atoms with van der Waals surface area (Å²) in [5.74, 6) is 0.558. The fourth-order valence-electron chi connectivity index (χ4n) is 1.83. The SMILES string of the molecule is CCCO[Si](CC1COC1)(OCCC)OCCC. The average molecular weight is 276 g/mol. The van der Waals surface area contributed by atoms with E-state index in [9.17, 15) is 0 Å². The number of hydrogen-bond acceptors (Lipinski definition) is 4. The Morgan fingerprint density at radius 1 is 0.889 bits per heavy atom. The second kappa shape index (κ2) is 9.04. The molecule has 1 heterocycles. The summed E-state index contributed by atoms with van der Waals surface area (Å²) in [4.78, 5) is 0. The van der Waals surface area contributed by atoms with Gasteiger partial charge in [-0.05, 0) is 19.3 Å². The second-order valence-corrected chi connectivity index (χ2v) is 7.48. The first-order valence-corrected chi connectivity index (χ1v) is 9.19. The molecule has 0 aromatic rings. The van der Waals surface area contributed by atoms with E-state index in [4.69, 9.17) is 18.0 Å². The number of hydrogen-bond donors (Lipinski definition) is 0. The van der Waals surface area contributed by atoms with Crippen molar-refractivity contribution in [3.05, 3.63) is 0 Å². The highest BCUT2D eigenvalue weighted by Gasteiger charge is 2.44. The van der Waals surface area contributed by atoms with E-state index in [-0.39, 0.29) is 0 Å². The summed E-state index contributed by atoms with van der Waals surface area (Å²) >= 11 is 0. The molecular formula is C13H28O4Si. The molecule has 0 aromatic carbocycles. The van der Waals surface area contributed by atoms with Crippen LogP contribution in [-0.4, -0.2) is 41.8 Å². The maximum absolute atomic E-state index is 6.03. The molecule has 0 amide bonds. The number of ether oxygens (including phenoxy) is 1. The quantitative estimate of drug-likeness (QED) is 0.544. The van der Waals surface area contributed by atoms with E-state index < -0.39 is 8.80 Å². The lowest BCUT2D eigenvalue weighted by Gasteiger charge is -2.35. The average Bonchev–Trinajstić information content (AvgIpc) is 2.35. The topological polar surface area (TPSA) is 36.9 Å². The Kier molecular flexibility index (Phi) is 8.09. The molecule has 1 aliphatic heterocycles. The minimum atomic E-state index is -2.47. The van der Waals surface area contributed by atoms with Gasteiger partial charge in [-0.2, -0.15) is 0 Å². The fourth-order valence-corrected chi connectivity index (χ4v) is 4.92. The summed E-state index contributed by atoms with van der Waals surface area (Å²) in [6.45, 7) is 10.2. The summed E-state index contributed by atoms with van der Waals surface area (Å²) in [6.07, 6.45) is 3.00. The Hall–Kier alpha value is 0.0569. The summed E-state index contributed by atoms with van der Waals surface area (Å²) < 4.78 is 23.3. The highest BCUT2D eigenvalue weighted by Crippen LogP contribution is 2.27. The first-order valence-electron chi connectivity index (χ1n) is 7.26. The largest absolute Gasteiger partial charge is 0.501 e. The van der Waals surface area contributed by atoms with E-state index in [1.54, 1.807) is 0 Å². The molecule has 108 valence electrons. The molecule has 0 aliphatic carbocycles. The van der Waals surface area contributed by atoms with Crippen molar-refractivity contribution in [2.75, 3.05) is 33.0 Å². The van der Waals surface area contributed by atoms with E-state index in [0.717, 1.165) is 58.3 Å². The van der Waals surface area contributed by atoms with Gasteiger partial charge in [0.05, 0.1) is 13.2 Å². The summed E-state index contributed by atoms with van der Waals surface area (Å²) in [5.41, 5.74) is 0. The zero-order valence-corrected chi connectivity index (χ0v) is 13.1. The van der Waals surface area contributed by atoms with Crippen molar-refractivity contribution >= 4 is 8.80 Å². The van der Waals surface area contributed by atoms with Crippen LogP contribution in [0.5, 0.6) is 0 Å². The molecule has 18 heavy (non-hydrogen) atoms. The Balaban J connectivity index is 2.55. The first kappa shape index (κ1) is 16.1. The predicted molar refractivity (Wildman–Crippen MR) is 73.6 cm³/mol. The van der Waals surface area contributed by atoms with Crippen LogP contribution in [0.2, 0.25) is 6.04 Å². The maximum atomic E-state index is 6.03. The fraction of sp³-hybridized carbons (Fsp3) is 1.00. The van der Waals surface area contributed by atoms with Gasteiger partial charge in [-0.3, -0.25) is 0 Å². The van der Waals surface area contributed by atoms with E-state index in [2.05, 4.69) is 20.8 Å². The van der Waals surface area contributed by atoms with Gasteiger partial charge in [0, 0.05) is 31.8 Å². The Morgan fingerprint density at radius 3 is 1.61 bits per heavy atom. The molecule has 1 aliphatic rings. The lowest BCUT2D eigenvalue weighted by Crippen LogP contribution is -2.50. The monoisotopic (exact) mass is 276 g/mol. The summed E-state index contributed by atoms with van der Waals surface area (Å²) in [6, 6.07) is 0.910. The predicted octanol–water partition coefficient (Wildman–Crippen LogP) is 2.85. The second-order valence-electron chi connectivity index (χ2n) is 4.84. The highest BCUT2D eigenvalue weighted by atomic mass is 28.4. The lowest BCUT2D eigenvalue weighted by molar-refractivity contribution is -0.0367. The third-order valence-corrected chi connectivity index (χ3v) is 5.83. The minimum Gasteiger partial charge on any atom is -0.381 e. The van der Waals surface area contributed by atoms with E-state index in [0.29, 0.717) is 5.92 Å². The Bertz CT molecular complexity index is 187. The van der Waals surface area contributed by atoms with Gasteiger partial charge in [0.1, 0.15) is 0 Å². The minimum absolute atomic E-state index is 0.558. The van der Waals surface area contributed by atoms with Crippen LogP contribution in [0.25, 0.3) is 0 Å². The molecule has 0 aromatic heterocycles. The first-order chi connectivity index (χ1) is 8.76. The zero-order valence-electron chi connectivity index (χ0n) is 12.1. The highest BCUT2D eigenvalue weighted by molar-refractivity contribution is 6.60. The number of rotatable bonds is 11. The van der Waals surface area contributed by atoms with Gasteiger partial charge in [-0.25, -0.2) is 0 Å². The van der Waals surface area contributed by atoms with Crippen molar-refractivity contribution in [1.82, 2.24) is 0 Å². The van der Waals surface area contributed by atoms with Crippen LogP contribution in [0.4, 0.5) is 0 Å². The maximum Gasteiger partial charge on any atom is 0.501 e. The van der Waals surface area contributed by atoms with Gasteiger partial charge in [0.15, 0.2) is 0 Å². The van der Waals surface area contributed by atoms with Crippen LogP contribution in [0.1, 0.15) is 40.0 Å². The van der Waals surface area contributed by atoms with Crippen LogP contribution in [0, 0.1) is 5.92 Å². The van der Waals surface area contributed by atoms with Crippen LogP contribution in [-0.2, 0) is 18.0 Å². The molecule has 0 spiro atoms. The van der Waals surface area contributed by atoms with E-state index >= 15 is 0 Å². The molecule has 0 unspecified atom stereocenters. The molecule has 0 N–H and O–H groups in total. The van der Waals surface area contributed by atoms with Gasteiger partial charge >= 0.3 is 8.80 Å². The van der Waals surface area contributed by atoms with Gasteiger partial charge in [0.2, 0.25) is 0 Å². The van der Waals surface area contributed by atoms with Crippen molar-refractivity contribution < 1.29 is 18.0 Å². The van der Waals surface area contributed by atoms with Crippen molar-refractivity contribution in [2.24, 2.45) is 5.92 Å². The molecule has 1 saturated heterocycles. The van der Waals surface area contributed by atoms with Crippen LogP contribution < -0.4 is 0 Å². The molecule has 5 heteroatoms. The van der Waals surface area contributed by atoms with E-state index in [1.165, 1.54) is 0 Å². The van der Waals surface area contributed by atoms with Gasteiger partial charge in [0.25, 0.3) is 0 Å². The van der Waals surface area contributed by atoms with Gasteiger partial charge in [-0.1, -0.05) is 20.8 Å². The molecule has 0 radical (unpaired) electrons.